The van der Waals surface area contributed by atoms with Crippen molar-refractivity contribution in [2.75, 3.05) is 6.61 Å². The average Bonchev–Trinajstić information content (AvgIpc) is 3.29. The van der Waals surface area contributed by atoms with Gasteiger partial charge in [0.15, 0.2) is 0 Å². The van der Waals surface area contributed by atoms with Gasteiger partial charge < -0.3 is 24.8 Å². The molecule has 0 amide bonds. The van der Waals surface area contributed by atoms with Crippen molar-refractivity contribution in [3.8, 4) is 0 Å². The van der Waals surface area contributed by atoms with Gasteiger partial charge in [0, 0.05) is 17.7 Å². The van der Waals surface area contributed by atoms with Gasteiger partial charge in [-0.1, -0.05) is 64.4 Å². The summed E-state index contributed by atoms with van der Waals surface area (Å²) in [6, 6.07) is 9.27. The third kappa shape index (κ3) is 5.41. The molecule has 1 aromatic carbocycles. The van der Waals surface area contributed by atoms with Gasteiger partial charge in [-0.3, -0.25) is 0 Å². The van der Waals surface area contributed by atoms with Gasteiger partial charge in [0.1, 0.15) is 0 Å². The maximum atomic E-state index is 12.6. The molecule has 1 aliphatic heterocycles. The van der Waals surface area contributed by atoms with Crippen LogP contribution in [-0.4, -0.2) is 51.9 Å². The molecule has 3 saturated carbocycles. The topological polar surface area (TPSA) is 113 Å². The highest BCUT2D eigenvalue weighted by molar-refractivity contribution is 5.89. The third-order valence-corrected chi connectivity index (χ3v) is 11.5. The van der Waals surface area contributed by atoms with Crippen molar-refractivity contribution < 1.29 is 34.4 Å². The number of hydrogen-bond donors (Lipinski definition) is 3. The van der Waals surface area contributed by atoms with Crippen LogP contribution in [0.4, 0.5) is 0 Å². The van der Waals surface area contributed by atoms with E-state index in [4.69, 9.17) is 9.47 Å². The highest BCUT2D eigenvalue weighted by atomic mass is 16.7. The van der Waals surface area contributed by atoms with Gasteiger partial charge in [-0.25, -0.2) is 9.59 Å². The third-order valence-electron chi connectivity index (χ3n) is 11.5. The molecule has 5 rings (SSSR count). The summed E-state index contributed by atoms with van der Waals surface area (Å²) >= 11 is 0. The molecule has 7 heteroatoms. The van der Waals surface area contributed by atoms with Gasteiger partial charge in [-0.15, -0.1) is 0 Å². The van der Waals surface area contributed by atoms with Crippen LogP contribution in [0.1, 0.15) is 84.6 Å². The van der Waals surface area contributed by atoms with E-state index >= 15 is 0 Å². The molecule has 0 aromatic heterocycles. The predicted molar refractivity (Wildman–Crippen MR) is 155 cm³/mol. The standard InChI is InChI=1S/C34H46O7/c1-31(2)15-8-16-32(3)25(31)13-17-33(4)26(32)14-18-34(39,21-35)27(33)20-24(36)23-19-29(38)41-30(23)40-28(37)12-11-22-9-6-5-7-10-22/h5-7,9-12,19,24-27,30,35-36,39H,8,13-18,20-21H2,1-4H3/b12-11+. The second-order valence-corrected chi connectivity index (χ2v) is 14.2. The Morgan fingerprint density at radius 2 is 1.76 bits per heavy atom. The molecule has 1 aromatic rings. The van der Waals surface area contributed by atoms with Gasteiger partial charge in [0.2, 0.25) is 0 Å². The summed E-state index contributed by atoms with van der Waals surface area (Å²) in [5.41, 5.74) is -0.313. The SMILES string of the molecule is CC1(C)CCCC2(C)C1CCC1(C)C(CC(O)C3=CC(=O)OC3OC(=O)/C=C/c3ccccc3)C(O)(CO)CCC21. The number of esters is 2. The van der Waals surface area contributed by atoms with E-state index in [2.05, 4.69) is 27.7 Å². The Morgan fingerprint density at radius 3 is 2.46 bits per heavy atom. The van der Waals surface area contributed by atoms with Crippen LogP contribution in [0.3, 0.4) is 0 Å². The molecule has 41 heavy (non-hydrogen) atoms. The minimum Gasteiger partial charge on any atom is -0.418 e. The predicted octanol–water partition coefficient (Wildman–Crippen LogP) is 5.19. The fourth-order valence-electron chi connectivity index (χ4n) is 9.61. The molecule has 4 aliphatic rings. The van der Waals surface area contributed by atoms with Crippen molar-refractivity contribution in [3.63, 3.8) is 0 Å². The van der Waals surface area contributed by atoms with E-state index in [9.17, 15) is 24.9 Å². The first-order valence-corrected chi connectivity index (χ1v) is 15.2. The van der Waals surface area contributed by atoms with E-state index in [1.807, 2.05) is 30.3 Å². The molecule has 8 atom stereocenters. The Kier molecular flexibility index (Phi) is 8.03. The largest absolute Gasteiger partial charge is 0.418 e. The van der Waals surface area contributed by atoms with E-state index in [1.54, 1.807) is 6.08 Å². The maximum Gasteiger partial charge on any atom is 0.334 e. The number of rotatable bonds is 7. The highest BCUT2D eigenvalue weighted by Gasteiger charge is 2.65. The second kappa shape index (κ2) is 11.0. The van der Waals surface area contributed by atoms with Crippen LogP contribution in [-0.2, 0) is 19.1 Å². The summed E-state index contributed by atoms with van der Waals surface area (Å²) in [5.74, 6) is -0.878. The fraction of sp³-hybridized carbons (Fsp3) is 0.647. The lowest BCUT2D eigenvalue weighted by Gasteiger charge is -2.68. The number of hydrogen-bond acceptors (Lipinski definition) is 7. The number of benzene rings is 1. The average molecular weight is 567 g/mol. The molecule has 0 spiro atoms. The number of ether oxygens (including phenoxy) is 2. The van der Waals surface area contributed by atoms with E-state index in [-0.39, 0.29) is 28.2 Å². The summed E-state index contributed by atoms with van der Waals surface area (Å²) < 4.78 is 10.7. The second-order valence-electron chi connectivity index (χ2n) is 14.2. The Morgan fingerprint density at radius 1 is 1.05 bits per heavy atom. The van der Waals surface area contributed by atoms with E-state index < -0.39 is 42.5 Å². The first-order chi connectivity index (χ1) is 19.3. The fourth-order valence-corrected chi connectivity index (χ4v) is 9.61. The molecule has 0 radical (unpaired) electrons. The van der Waals surface area contributed by atoms with E-state index in [0.29, 0.717) is 18.3 Å². The first kappa shape index (κ1) is 30.0. The Balaban J connectivity index is 1.36. The van der Waals surface area contributed by atoms with E-state index in [1.165, 1.54) is 25.0 Å². The number of carbonyl (C=O) groups excluding carboxylic acids is 2. The molecule has 7 nitrogen and oxygen atoms in total. The van der Waals surface area contributed by atoms with Crippen LogP contribution < -0.4 is 0 Å². The molecular weight excluding hydrogens is 520 g/mol. The van der Waals surface area contributed by atoms with Crippen LogP contribution >= 0.6 is 0 Å². The Bertz CT molecular complexity index is 1200. The molecule has 1 heterocycles. The lowest BCUT2D eigenvalue weighted by atomic mass is 9.38. The zero-order valence-corrected chi connectivity index (χ0v) is 24.8. The molecule has 8 unspecified atom stereocenters. The van der Waals surface area contributed by atoms with Gasteiger partial charge in [-0.2, -0.15) is 0 Å². The quantitative estimate of drug-likeness (QED) is 0.308. The zero-order chi connectivity index (χ0) is 29.6. The highest BCUT2D eigenvalue weighted by Crippen LogP contribution is 2.70. The Labute approximate surface area is 243 Å². The van der Waals surface area contributed by atoms with Crippen molar-refractivity contribution in [3.05, 3.63) is 53.6 Å². The van der Waals surface area contributed by atoms with Crippen LogP contribution in [0.15, 0.2) is 48.1 Å². The van der Waals surface area contributed by atoms with Gasteiger partial charge in [0.05, 0.1) is 18.3 Å². The molecular formula is C34H46O7. The number of aliphatic hydroxyl groups excluding tert-OH is 2. The molecule has 3 aliphatic carbocycles. The van der Waals surface area contributed by atoms with Crippen LogP contribution in [0.25, 0.3) is 6.08 Å². The lowest BCUT2D eigenvalue weighted by molar-refractivity contribution is -0.228. The summed E-state index contributed by atoms with van der Waals surface area (Å²) in [7, 11) is 0. The van der Waals surface area contributed by atoms with Crippen LogP contribution in [0.2, 0.25) is 0 Å². The van der Waals surface area contributed by atoms with Crippen molar-refractivity contribution in [2.45, 2.75) is 97.1 Å². The van der Waals surface area contributed by atoms with Crippen molar-refractivity contribution in [1.29, 1.82) is 0 Å². The number of fused-ring (bicyclic) bond motifs is 3. The summed E-state index contributed by atoms with van der Waals surface area (Å²) in [5, 5.41) is 33.8. The summed E-state index contributed by atoms with van der Waals surface area (Å²) in [6.45, 7) is 9.06. The molecule has 224 valence electrons. The zero-order valence-electron chi connectivity index (χ0n) is 24.8. The molecule has 3 fully saturated rings. The first-order valence-electron chi connectivity index (χ1n) is 15.2. The molecule has 3 N–H and O–H groups in total. The summed E-state index contributed by atoms with van der Waals surface area (Å²) in [4.78, 5) is 24.8. The number of cyclic esters (lactones) is 1. The molecule has 0 bridgehead atoms. The maximum absolute atomic E-state index is 12.6. The van der Waals surface area contributed by atoms with Crippen molar-refractivity contribution in [2.24, 2.45) is 34.0 Å². The minimum absolute atomic E-state index is 0.115. The summed E-state index contributed by atoms with van der Waals surface area (Å²) in [6.07, 6.45) is 8.44. The smallest absolute Gasteiger partial charge is 0.334 e. The molecule has 0 saturated heterocycles. The minimum atomic E-state index is -1.35. The number of carbonyl (C=O) groups is 2. The normalized spacial score (nSPS) is 38.9. The van der Waals surface area contributed by atoms with Crippen LogP contribution in [0.5, 0.6) is 0 Å². The monoisotopic (exact) mass is 566 g/mol. The van der Waals surface area contributed by atoms with Crippen molar-refractivity contribution >= 4 is 18.0 Å². The van der Waals surface area contributed by atoms with Crippen LogP contribution in [0, 0.1) is 34.0 Å². The van der Waals surface area contributed by atoms with Gasteiger partial charge in [0.25, 0.3) is 6.29 Å². The van der Waals surface area contributed by atoms with E-state index in [0.717, 1.165) is 31.2 Å². The van der Waals surface area contributed by atoms with Gasteiger partial charge in [-0.05, 0) is 90.6 Å². The number of aliphatic hydroxyl groups is 3. The Hall–Kier alpha value is -2.48. The van der Waals surface area contributed by atoms with Gasteiger partial charge >= 0.3 is 11.9 Å². The van der Waals surface area contributed by atoms with Crippen molar-refractivity contribution in [1.82, 2.24) is 0 Å². The lowest BCUT2D eigenvalue weighted by Crippen LogP contribution is -2.64.